The number of rotatable bonds is 4. The van der Waals surface area contributed by atoms with E-state index in [9.17, 15) is 26.3 Å². The summed E-state index contributed by atoms with van der Waals surface area (Å²) in [6.07, 6.45) is -7.63. The van der Waals surface area contributed by atoms with Crippen LogP contribution in [0.25, 0.3) is 28.1 Å². The molecule has 2 N–H and O–H groups in total. The maximum absolute atomic E-state index is 14.0. The van der Waals surface area contributed by atoms with Gasteiger partial charge < -0.3 is 10.5 Å². The zero-order chi connectivity index (χ0) is 25.0. The van der Waals surface area contributed by atoms with Crippen LogP contribution in [0.2, 0.25) is 0 Å². The number of fused-ring (bicyclic) bond motifs is 2. The number of halogens is 8. The highest BCUT2D eigenvalue weighted by Gasteiger charge is 2.46. The second-order valence-electron chi connectivity index (χ2n) is 8.30. The lowest BCUT2D eigenvalue weighted by atomic mass is 10.1. The molecule has 1 aliphatic heterocycles. The average molecular weight is 569 g/mol. The van der Waals surface area contributed by atoms with Gasteiger partial charge in [-0.3, -0.25) is 9.30 Å². The van der Waals surface area contributed by atoms with E-state index >= 15 is 0 Å². The Kier molecular flexibility index (Phi) is 8.13. The Bertz CT molecular complexity index is 1400. The Morgan fingerprint density at radius 1 is 0.973 bits per heavy atom. The van der Waals surface area contributed by atoms with Crippen LogP contribution in [0.5, 0.6) is 5.75 Å². The van der Waals surface area contributed by atoms with Crippen molar-refractivity contribution in [2.45, 2.75) is 31.0 Å². The maximum atomic E-state index is 14.0. The molecule has 1 fully saturated rings. The van der Waals surface area contributed by atoms with Gasteiger partial charge in [0.25, 0.3) is 0 Å². The molecule has 0 amide bonds. The second kappa shape index (κ2) is 10.5. The molecule has 1 aromatic carbocycles. The lowest BCUT2D eigenvalue weighted by Crippen LogP contribution is -2.38. The molecule has 0 aliphatic carbocycles. The van der Waals surface area contributed by atoms with Crippen LogP contribution < -0.4 is 10.5 Å². The van der Waals surface area contributed by atoms with Crippen LogP contribution in [0.1, 0.15) is 18.0 Å². The minimum Gasteiger partial charge on any atom is -0.406 e. The van der Waals surface area contributed by atoms with Crippen molar-refractivity contribution in [1.29, 1.82) is 0 Å². The summed E-state index contributed by atoms with van der Waals surface area (Å²) in [4.78, 5) is 5.65. The summed E-state index contributed by atoms with van der Waals surface area (Å²) >= 11 is 0. The largest absolute Gasteiger partial charge is 0.573 e. The molecule has 1 aliphatic rings. The van der Waals surface area contributed by atoms with Crippen LogP contribution in [-0.2, 0) is 0 Å². The maximum Gasteiger partial charge on any atom is 0.573 e. The SMILES string of the molecule is Cl.Cl.NC1CCN([C@H](c2ccc3nnc(-c4ccc5ccc(OC(F)(F)F)cc5n4)n3c2)C(F)(F)F)C1. The highest BCUT2D eigenvalue weighted by molar-refractivity contribution is 5.85. The number of ether oxygens (including phenoxy) is 1. The van der Waals surface area contributed by atoms with Crippen LogP contribution in [0.3, 0.4) is 0 Å². The van der Waals surface area contributed by atoms with Crippen molar-refractivity contribution < 1.29 is 31.1 Å². The number of hydrogen-bond acceptors (Lipinski definition) is 6. The molecular formula is C22H20Cl2F6N6O. The lowest BCUT2D eigenvalue weighted by Gasteiger charge is -2.30. The third-order valence-corrected chi connectivity index (χ3v) is 5.80. The molecule has 4 heterocycles. The Hall–Kier alpha value is -2.87. The number of nitrogens with zero attached hydrogens (tertiary/aromatic N) is 5. The normalized spacial score (nSPS) is 17.4. The van der Waals surface area contributed by atoms with Crippen LogP contribution in [0.15, 0.2) is 48.7 Å². The number of aromatic nitrogens is 4. The van der Waals surface area contributed by atoms with Gasteiger partial charge in [-0.25, -0.2) is 4.98 Å². The number of alkyl halides is 6. The number of likely N-dealkylation sites (tertiary alicyclic amines) is 1. The summed E-state index contributed by atoms with van der Waals surface area (Å²) in [6, 6.07) is 7.47. The third kappa shape index (κ3) is 6.00. The molecule has 2 atom stereocenters. The Morgan fingerprint density at radius 3 is 2.35 bits per heavy atom. The predicted octanol–water partition coefficient (Wildman–Crippen LogP) is 5.32. The monoisotopic (exact) mass is 568 g/mol. The van der Waals surface area contributed by atoms with E-state index in [-0.39, 0.29) is 66.5 Å². The van der Waals surface area contributed by atoms with E-state index in [4.69, 9.17) is 5.73 Å². The molecular weight excluding hydrogens is 549 g/mol. The Balaban J connectivity index is 0.00000190. The van der Waals surface area contributed by atoms with Crippen LogP contribution >= 0.6 is 24.8 Å². The average Bonchev–Trinajstić information content (AvgIpc) is 3.37. The first-order valence-corrected chi connectivity index (χ1v) is 10.6. The van der Waals surface area contributed by atoms with E-state index in [1.807, 2.05) is 0 Å². The molecule has 15 heteroatoms. The predicted molar refractivity (Wildman–Crippen MR) is 128 cm³/mol. The van der Waals surface area contributed by atoms with Crippen LogP contribution in [0.4, 0.5) is 26.3 Å². The molecule has 7 nitrogen and oxygen atoms in total. The summed E-state index contributed by atoms with van der Waals surface area (Å²) in [6.45, 7) is 0.332. The molecule has 5 rings (SSSR count). The summed E-state index contributed by atoms with van der Waals surface area (Å²) in [5, 5.41) is 8.59. The van der Waals surface area contributed by atoms with Gasteiger partial charge in [-0.15, -0.1) is 48.2 Å². The van der Waals surface area contributed by atoms with E-state index in [0.29, 0.717) is 17.5 Å². The van der Waals surface area contributed by atoms with Crippen LogP contribution in [0, 0.1) is 0 Å². The Labute approximate surface area is 218 Å². The minimum atomic E-state index is -4.86. The van der Waals surface area contributed by atoms with E-state index in [2.05, 4.69) is 19.9 Å². The first-order chi connectivity index (χ1) is 16.5. The van der Waals surface area contributed by atoms with Gasteiger partial charge in [-0.2, -0.15) is 13.2 Å². The molecule has 0 radical (unpaired) electrons. The van der Waals surface area contributed by atoms with Gasteiger partial charge >= 0.3 is 12.5 Å². The van der Waals surface area contributed by atoms with E-state index < -0.39 is 24.3 Å². The standard InChI is InChI=1S/C22H18F6N6O.2ClH/c23-21(24,25)19(33-8-7-14(29)11-33)13-3-6-18-31-32-20(34(18)10-13)16-5-2-12-1-4-15(9-17(12)30-16)35-22(26,27)28;;/h1-6,9-10,14,19H,7-8,11,29H2;2*1H/t14?,19-;;/m1../s1. The van der Waals surface area contributed by atoms with Crippen molar-refractivity contribution in [3.63, 3.8) is 0 Å². The molecule has 1 saturated heterocycles. The van der Waals surface area contributed by atoms with Gasteiger partial charge in [-0.1, -0.05) is 12.1 Å². The summed E-state index contributed by atoms with van der Waals surface area (Å²) < 4.78 is 85.2. The first-order valence-electron chi connectivity index (χ1n) is 10.6. The summed E-state index contributed by atoms with van der Waals surface area (Å²) in [7, 11) is 0. The second-order valence-corrected chi connectivity index (χ2v) is 8.30. The van der Waals surface area contributed by atoms with Crippen LogP contribution in [-0.4, -0.2) is 56.2 Å². The molecule has 0 bridgehead atoms. The van der Waals surface area contributed by atoms with Crippen molar-refractivity contribution in [3.05, 3.63) is 54.2 Å². The van der Waals surface area contributed by atoms with Gasteiger partial charge in [-0.05, 0) is 36.2 Å². The Morgan fingerprint density at radius 2 is 1.70 bits per heavy atom. The third-order valence-electron chi connectivity index (χ3n) is 5.80. The van der Waals surface area contributed by atoms with Gasteiger partial charge in [0, 0.05) is 36.8 Å². The highest BCUT2D eigenvalue weighted by atomic mass is 35.5. The lowest BCUT2D eigenvalue weighted by molar-refractivity contribution is -0.274. The van der Waals surface area contributed by atoms with Gasteiger partial charge in [0.2, 0.25) is 0 Å². The van der Waals surface area contributed by atoms with Gasteiger partial charge in [0.05, 0.1) is 5.52 Å². The van der Waals surface area contributed by atoms with Gasteiger partial charge in [0.15, 0.2) is 11.5 Å². The zero-order valence-electron chi connectivity index (χ0n) is 18.7. The smallest absolute Gasteiger partial charge is 0.406 e. The molecule has 0 saturated carbocycles. The number of pyridine rings is 2. The van der Waals surface area contributed by atoms with Crippen molar-refractivity contribution in [2.24, 2.45) is 5.73 Å². The van der Waals surface area contributed by atoms with Gasteiger partial charge in [0.1, 0.15) is 17.5 Å². The quantitative estimate of drug-likeness (QED) is 0.335. The highest BCUT2D eigenvalue weighted by Crippen LogP contribution is 2.39. The number of nitrogens with two attached hydrogens (primary N) is 1. The number of hydrogen-bond donors (Lipinski definition) is 1. The number of benzene rings is 1. The van der Waals surface area contributed by atoms with E-state index in [0.717, 1.165) is 12.1 Å². The topological polar surface area (TPSA) is 81.6 Å². The summed E-state index contributed by atoms with van der Waals surface area (Å²) in [5.41, 5.74) is 6.52. The van der Waals surface area contributed by atoms with Crippen molar-refractivity contribution in [2.75, 3.05) is 13.1 Å². The fraction of sp³-hybridized carbons (Fsp3) is 0.318. The molecule has 3 aromatic heterocycles. The van der Waals surface area contributed by atoms with Crippen molar-refractivity contribution in [1.82, 2.24) is 24.5 Å². The minimum absolute atomic E-state index is 0. The summed E-state index contributed by atoms with van der Waals surface area (Å²) in [5.74, 6) is -0.301. The first kappa shape index (κ1) is 28.7. The molecule has 0 spiro atoms. The molecule has 1 unspecified atom stereocenters. The molecule has 37 heavy (non-hydrogen) atoms. The van der Waals surface area contributed by atoms with Crippen molar-refractivity contribution >= 4 is 41.4 Å². The van der Waals surface area contributed by atoms with E-state index in [1.165, 1.54) is 33.7 Å². The zero-order valence-corrected chi connectivity index (χ0v) is 20.3. The molecule has 4 aromatic rings. The fourth-order valence-corrected chi connectivity index (χ4v) is 4.32. The van der Waals surface area contributed by atoms with E-state index in [1.54, 1.807) is 12.1 Å². The molecule has 200 valence electrons. The fourth-order valence-electron chi connectivity index (χ4n) is 4.32. The van der Waals surface area contributed by atoms with Crippen molar-refractivity contribution in [3.8, 4) is 17.3 Å².